The second-order valence-corrected chi connectivity index (χ2v) is 15.2. The molecule has 0 fully saturated rings. The Kier molecular flexibility index (Phi) is 10.3. The summed E-state index contributed by atoms with van der Waals surface area (Å²) in [6.45, 7) is 9.50. The van der Waals surface area contributed by atoms with E-state index in [0.29, 0.717) is 45.4 Å². The second kappa shape index (κ2) is 13.4. The summed E-state index contributed by atoms with van der Waals surface area (Å²) in [6, 6.07) is 9.03. The number of allylic oxidation sites excluding steroid dienone is 4. The van der Waals surface area contributed by atoms with Crippen molar-refractivity contribution in [3.63, 3.8) is 0 Å². The van der Waals surface area contributed by atoms with Crippen molar-refractivity contribution in [1.82, 2.24) is 0 Å². The molecule has 2 aromatic carbocycles. The van der Waals surface area contributed by atoms with E-state index in [4.69, 9.17) is 9.84 Å². The smallest absolute Gasteiger partial charge is 0.303 e. The highest BCUT2D eigenvalue weighted by Gasteiger charge is 2.45. The molecule has 11 nitrogen and oxygen atoms in total. The van der Waals surface area contributed by atoms with E-state index in [1.165, 1.54) is 24.3 Å². The van der Waals surface area contributed by atoms with E-state index in [1.807, 2.05) is 45.9 Å². The van der Waals surface area contributed by atoms with Crippen molar-refractivity contribution < 1.29 is 45.2 Å². The zero-order valence-corrected chi connectivity index (χ0v) is 28.4. The lowest BCUT2D eigenvalue weighted by molar-refractivity contribution is -0.433. The lowest BCUT2D eigenvalue weighted by Gasteiger charge is -2.30. The number of carbonyl (C=O) groups is 1. The van der Waals surface area contributed by atoms with Gasteiger partial charge in [0, 0.05) is 61.2 Å². The minimum absolute atomic E-state index is 0.0816. The average Bonchev–Trinajstić information content (AvgIpc) is 3.34. The van der Waals surface area contributed by atoms with E-state index in [2.05, 4.69) is 9.48 Å². The van der Waals surface area contributed by atoms with Crippen LogP contribution in [0.5, 0.6) is 0 Å². The van der Waals surface area contributed by atoms with E-state index < -0.39 is 37.0 Å². The van der Waals surface area contributed by atoms with Crippen molar-refractivity contribution in [3.8, 4) is 0 Å². The number of fused-ring (bicyclic) bond motifs is 2. The van der Waals surface area contributed by atoms with Crippen molar-refractivity contribution in [2.24, 2.45) is 0 Å². The molecule has 2 aliphatic rings. The summed E-state index contributed by atoms with van der Waals surface area (Å²) in [4.78, 5) is 12.7. The summed E-state index contributed by atoms with van der Waals surface area (Å²) in [5.74, 6) is -0.844. The first-order chi connectivity index (χ1) is 21.5. The minimum atomic E-state index is -4.63. The molecule has 4 rings (SSSR count). The van der Waals surface area contributed by atoms with Gasteiger partial charge in [-0.25, -0.2) is 8.42 Å². The molecule has 0 aliphatic carbocycles. The van der Waals surface area contributed by atoms with Crippen LogP contribution in [0.4, 0.5) is 11.4 Å². The average molecular weight is 675 g/mol. The highest BCUT2D eigenvalue weighted by atomic mass is 32.2. The molecule has 0 spiro atoms. The van der Waals surface area contributed by atoms with Crippen LogP contribution in [0.25, 0.3) is 0 Å². The van der Waals surface area contributed by atoms with Gasteiger partial charge >= 0.3 is 5.97 Å². The summed E-state index contributed by atoms with van der Waals surface area (Å²) in [6.07, 6.45) is 8.39. The molecule has 2 aliphatic heterocycles. The zero-order chi connectivity index (χ0) is 34.1. The van der Waals surface area contributed by atoms with Crippen LogP contribution in [0.15, 0.2) is 70.1 Å². The van der Waals surface area contributed by atoms with Crippen molar-refractivity contribution in [2.45, 2.75) is 80.4 Å². The molecule has 0 saturated carbocycles. The van der Waals surface area contributed by atoms with E-state index in [1.54, 1.807) is 19.2 Å². The Bertz CT molecular complexity index is 1830. The topological polar surface area (TPSA) is 164 Å². The Morgan fingerprint density at radius 1 is 1.02 bits per heavy atom. The summed E-state index contributed by atoms with van der Waals surface area (Å²) in [5, 5.41) is 9.05. The molecule has 2 aromatic rings. The summed E-state index contributed by atoms with van der Waals surface area (Å²) in [7, 11) is -7.49. The van der Waals surface area contributed by atoms with Gasteiger partial charge in [-0.3, -0.25) is 9.35 Å². The fraction of sp³-hybridized carbons (Fsp3) is 0.455. The number of hydrogen-bond acceptors (Lipinski definition) is 8. The molecule has 0 bridgehead atoms. The van der Waals surface area contributed by atoms with Gasteiger partial charge in [-0.1, -0.05) is 12.5 Å². The quantitative estimate of drug-likeness (QED) is 0.156. The van der Waals surface area contributed by atoms with Gasteiger partial charge in [-0.2, -0.15) is 13.0 Å². The van der Waals surface area contributed by atoms with Gasteiger partial charge in [0.25, 0.3) is 10.1 Å². The van der Waals surface area contributed by atoms with Gasteiger partial charge in [0.2, 0.25) is 5.69 Å². The molecule has 1 atom stereocenters. The van der Waals surface area contributed by atoms with Crippen molar-refractivity contribution in [1.29, 1.82) is 0 Å². The highest BCUT2D eigenvalue weighted by molar-refractivity contribution is 7.86. The third-order valence-corrected chi connectivity index (χ3v) is 10.7. The van der Waals surface area contributed by atoms with Crippen LogP contribution in [0, 0.1) is 0 Å². The lowest BCUT2D eigenvalue weighted by atomic mass is 9.78. The Morgan fingerprint density at radius 3 is 2.30 bits per heavy atom. The monoisotopic (exact) mass is 674 g/mol. The molecule has 0 aromatic heterocycles. The first-order valence-corrected chi connectivity index (χ1v) is 18.1. The first-order valence-electron chi connectivity index (χ1n) is 15.2. The number of ether oxygens (including phenoxy) is 1. The molecule has 1 unspecified atom stereocenters. The Morgan fingerprint density at radius 2 is 1.70 bits per heavy atom. The SMILES string of the molecule is CC[N+]1=C(C=CC=C2N(CCCCCC(=O)O)c3ccc(S(=O)(=O)O)cc3C2(C)CCOC)C(C)(C)c2cc(S(=O)(=O)[O-])ccc21. The van der Waals surface area contributed by atoms with Crippen LogP contribution >= 0.6 is 0 Å². The molecule has 46 heavy (non-hydrogen) atoms. The molecule has 2 heterocycles. The van der Waals surface area contributed by atoms with Crippen LogP contribution in [0.2, 0.25) is 0 Å². The van der Waals surface area contributed by atoms with Crippen molar-refractivity contribution in [2.75, 3.05) is 31.7 Å². The van der Waals surface area contributed by atoms with Crippen LogP contribution < -0.4 is 4.90 Å². The maximum atomic E-state index is 12.1. The van der Waals surface area contributed by atoms with Crippen molar-refractivity contribution in [3.05, 3.63) is 71.5 Å². The fourth-order valence-electron chi connectivity index (χ4n) is 6.61. The van der Waals surface area contributed by atoms with Gasteiger partial charge in [0.15, 0.2) is 5.71 Å². The summed E-state index contributed by atoms with van der Waals surface area (Å²) < 4.78 is 77.0. The molecule has 0 amide bonds. The van der Waals surface area contributed by atoms with Crippen LogP contribution in [-0.2, 0) is 40.6 Å². The fourth-order valence-corrected chi connectivity index (χ4v) is 7.61. The predicted molar refractivity (Wildman–Crippen MR) is 174 cm³/mol. The van der Waals surface area contributed by atoms with Crippen LogP contribution in [0.3, 0.4) is 0 Å². The van der Waals surface area contributed by atoms with E-state index in [-0.39, 0.29) is 16.2 Å². The number of anilines is 1. The lowest BCUT2D eigenvalue weighted by Crippen LogP contribution is -2.30. The van der Waals surface area contributed by atoms with Crippen LogP contribution in [-0.4, -0.2) is 74.1 Å². The van der Waals surface area contributed by atoms with E-state index >= 15 is 0 Å². The maximum Gasteiger partial charge on any atom is 0.303 e. The van der Waals surface area contributed by atoms with E-state index in [0.717, 1.165) is 33.9 Å². The summed E-state index contributed by atoms with van der Waals surface area (Å²) in [5.41, 5.74) is 3.57. The number of aliphatic carboxylic acids is 1. The molecule has 2 N–H and O–H groups in total. The second-order valence-electron chi connectivity index (χ2n) is 12.4. The number of unbranched alkanes of at least 4 members (excludes halogenated alkanes) is 2. The Labute approximate surface area is 271 Å². The van der Waals surface area contributed by atoms with Gasteiger partial charge in [0.05, 0.1) is 15.2 Å². The van der Waals surface area contributed by atoms with Crippen LogP contribution in [0.1, 0.15) is 70.9 Å². The number of carboxylic acid groups (broad SMARTS) is 1. The Balaban J connectivity index is 1.80. The number of nitrogens with zero attached hydrogens (tertiary/aromatic N) is 2. The van der Waals surface area contributed by atoms with Crippen molar-refractivity contribution >= 4 is 43.3 Å². The molecule has 13 heteroatoms. The maximum absolute atomic E-state index is 12.1. The number of hydrogen-bond donors (Lipinski definition) is 2. The Hall–Kier alpha value is -3.36. The predicted octanol–water partition coefficient (Wildman–Crippen LogP) is 5.13. The number of rotatable bonds is 14. The highest BCUT2D eigenvalue weighted by Crippen LogP contribution is 2.51. The first kappa shape index (κ1) is 35.5. The zero-order valence-electron chi connectivity index (χ0n) is 26.8. The van der Waals surface area contributed by atoms with Gasteiger partial charge < -0.3 is 19.3 Å². The number of carboxylic acids is 1. The third kappa shape index (κ3) is 6.98. The normalized spacial score (nSPS) is 20.2. The standard InChI is InChI=1S/C33H42N2O9S2/c1-6-34-27-16-14-23(45(38,39)40)21-25(27)32(2,3)29(34)11-10-12-30-33(4,18-20-44-5)26-22-24(46(41,42)43)15-17-28(26)35(30)19-9-7-8-13-31(36)37/h10-12,14-17,21-22H,6-9,13,18-20H2,1-5H3,(H2-,36,37,38,39,40,41,42,43). The van der Waals surface area contributed by atoms with Gasteiger partial charge in [-0.15, -0.1) is 0 Å². The molecular formula is C33H42N2O9S2. The van der Waals surface area contributed by atoms with Gasteiger partial charge in [0.1, 0.15) is 16.7 Å². The molecule has 250 valence electrons. The summed E-state index contributed by atoms with van der Waals surface area (Å²) >= 11 is 0. The number of methoxy groups -OCH3 is 1. The molecule has 0 saturated heterocycles. The number of benzene rings is 2. The minimum Gasteiger partial charge on any atom is -0.744 e. The largest absolute Gasteiger partial charge is 0.744 e. The molecule has 0 radical (unpaired) electrons. The van der Waals surface area contributed by atoms with E-state index in [9.17, 15) is 30.7 Å². The molecular weight excluding hydrogens is 633 g/mol. The third-order valence-electron chi connectivity index (χ3n) is 9.06. The van der Waals surface area contributed by atoms with Gasteiger partial charge in [-0.05, 0) is 88.9 Å².